The van der Waals surface area contributed by atoms with Crippen molar-refractivity contribution < 1.29 is 0 Å². The fourth-order valence-corrected chi connectivity index (χ4v) is 2.12. The second-order valence-corrected chi connectivity index (χ2v) is 8.07. The van der Waals surface area contributed by atoms with Gasteiger partial charge >= 0.3 is 0 Å². The van der Waals surface area contributed by atoms with E-state index in [2.05, 4.69) is 46.9 Å². The van der Waals surface area contributed by atoms with Gasteiger partial charge in [0.25, 0.3) is 0 Å². The summed E-state index contributed by atoms with van der Waals surface area (Å²) in [7, 11) is 0. The highest BCUT2D eigenvalue weighted by Crippen LogP contribution is 2.33. The van der Waals surface area contributed by atoms with E-state index in [0.717, 1.165) is 19.0 Å². The molecule has 4 N–H and O–H groups in total. The molecule has 0 amide bonds. The quantitative estimate of drug-likeness (QED) is 0.473. The molecule has 0 atom stereocenters. The fourth-order valence-electron chi connectivity index (χ4n) is 2.12. The first-order chi connectivity index (χ1) is 8.51. The SMILES string of the molecule is C.CC(C)(C)C1CN(C(=N)N)C1.CC(C)(C)C1CNC1. The number of rotatable bonds is 0. The van der Waals surface area contributed by atoms with E-state index in [1.54, 1.807) is 0 Å². The highest BCUT2D eigenvalue weighted by atomic mass is 15.3. The Bertz CT molecular complexity index is 301. The normalized spacial score (nSPS) is 20.0. The molecule has 0 bridgehead atoms. The lowest BCUT2D eigenvalue weighted by Crippen LogP contribution is -2.56. The minimum Gasteiger partial charge on any atom is -0.370 e. The first-order valence-corrected chi connectivity index (χ1v) is 7.31. The molecular formula is C16H36N4. The van der Waals surface area contributed by atoms with Gasteiger partial charge in [-0.15, -0.1) is 0 Å². The van der Waals surface area contributed by atoms with Crippen LogP contribution in [0.5, 0.6) is 0 Å². The van der Waals surface area contributed by atoms with Crippen molar-refractivity contribution in [1.82, 2.24) is 10.2 Å². The maximum absolute atomic E-state index is 7.15. The zero-order valence-corrected chi connectivity index (χ0v) is 13.5. The average Bonchev–Trinajstić information content (AvgIpc) is 1.88. The molecule has 2 aliphatic heterocycles. The Kier molecular flexibility index (Phi) is 6.53. The van der Waals surface area contributed by atoms with Crippen molar-refractivity contribution in [2.45, 2.75) is 49.0 Å². The van der Waals surface area contributed by atoms with Crippen LogP contribution in [-0.4, -0.2) is 37.0 Å². The Labute approximate surface area is 126 Å². The summed E-state index contributed by atoms with van der Waals surface area (Å²) in [6.45, 7) is 18.0. The molecule has 2 fully saturated rings. The molecule has 0 radical (unpaired) electrons. The van der Waals surface area contributed by atoms with Gasteiger partial charge in [-0.05, 0) is 35.8 Å². The Balaban J connectivity index is 0.000000359. The van der Waals surface area contributed by atoms with Crippen LogP contribution in [0.25, 0.3) is 0 Å². The summed E-state index contributed by atoms with van der Waals surface area (Å²) in [5, 5.41) is 10.4. The van der Waals surface area contributed by atoms with Crippen LogP contribution in [0.1, 0.15) is 49.0 Å². The van der Waals surface area contributed by atoms with E-state index < -0.39 is 0 Å². The van der Waals surface area contributed by atoms with Crippen molar-refractivity contribution in [1.29, 1.82) is 5.41 Å². The lowest BCUT2D eigenvalue weighted by Gasteiger charge is -2.46. The van der Waals surface area contributed by atoms with Crippen molar-refractivity contribution >= 4 is 5.96 Å². The van der Waals surface area contributed by atoms with Crippen LogP contribution >= 0.6 is 0 Å². The van der Waals surface area contributed by atoms with Crippen molar-refractivity contribution in [3.63, 3.8) is 0 Å². The second kappa shape index (κ2) is 6.79. The molecule has 0 spiro atoms. The molecule has 0 unspecified atom stereocenters. The van der Waals surface area contributed by atoms with Gasteiger partial charge in [-0.25, -0.2) is 0 Å². The standard InChI is InChI=1S/C8H17N3.C7H15N.CH4/c1-8(2,3)6-4-11(5-6)7(9)10;1-7(2,3)6-4-8-5-6;/h6H,4-5H2,1-3H3,(H3,9,10);6,8H,4-5H2,1-3H3;1H4. The summed E-state index contributed by atoms with van der Waals surface area (Å²) in [5.74, 6) is 1.83. The Morgan fingerprint density at radius 2 is 1.40 bits per heavy atom. The van der Waals surface area contributed by atoms with Gasteiger partial charge in [-0.3, -0.25) is 5.41 Å². The van der Waals surface area contributed by atoms with Gasteiger partial charge in [0, 0.05) is 13.1 Å². The number of nitrogens with zero attached hydrogens (tertiary/aromatic N) is 1. The molecule has 2 aliphatic rings. The van der Waals surface area contributed by atoms with E-state index in [4.69, 9.17) is 11.1 Å². The van der Waals surface area contributed by atoms with Crippen LogP contribution in [0.15, 0.2) is 0 Å². The van der Waals surface area contributed by atoms with Crippen molar-refractivity contribution in [3.8, 4) is 0 Å². The number of nitrogens with one attached hydrogen (secondary N) is 2. The summed E-state index contributed by atoms with van der Waals surface area (Å²) < 4.78 is 0. The predicted molar refractivity (Wildman–Crippen MR) is 89.0 cm³/mol. The van der Waals surface area contributed by atoms with Gasteiger partial charge < -0.3 is 16.0 Å². The van der Waals surface area contributed by atoms with Gasteiger partial charge in [0.2, 0.25) is 0 Å². The molecule has 20 heavy (non-hydrogen) atoms. The fraction of sp³-hybridized carbons (Fsp3) is 0.938. The number of hydrogen-bond acceptors (Lipinski definition) is 2. The van der Waals surface area contributed by atoms with E-state index in [1.165, 1.54) is 13.1 Å². The predicted octanol–water partition coefficient (Wildman–Crippen LogP) is 2.75. The van der Waals surface area contributed by atoms with Crippen molar-refractivity contribution in [3.05, 3.63) is 0 Å². The van der Waals surface area contributed by atoms with Crippen LogP contribution in [0.3, 0.4) is 0 Å². The van der Waals surface area contributed by atoms with Crippen LogP contribution in [0, 0.1) is 28.1 Å². The van der Waals surface area contributed by atoms with E-state index in [0.29, 0.717) is 16.7 Å². The van der Waals surface area contributed by atoms with Gasteiger partial charge in [0.1, 0.15) is 0 Å². The summed E-state index contributed by atoms with van der Waals surface area (Å²) in [6, 6.07) is 0. The number of guanidine groups is 1. The first kappa shape index (κ1) is 19.2. The third-order valence-electron chi connectivity index (χ3n) is 4.45. The molecule has 4 heteroatoms. The molecule has 0 aromatic rings. The number of nitrogens with two attached hydrogens (primary N) is 1. The van der Waals surface area contributed by atoms with Crippen molar-refractivity contribution in [2.24, 2.45) is 28.4 Å². The van der Waals surface area contributed by atoms with Crippen LogP contribution in [0.4, 0.5) is 0 Å². The largest absolute Gasteiger partial charge is 0.370 e. The topological polar surface area (TPSA) is 65.1 Å². The minimum absolute atomic E-state index is 0. The van der Waals surface area contributed by atoms with Gasteiger partial charge in [-0.1, -0.05) is 49.0 Å². The Hall–Kier alpha value is -0.770. The maximum atomic E-state index is 7.15. The van der Waals surface area contributed by atoms with Gasteiger partial charge in [-0.2, -0.15) is 0 Å². The van der Waals surface area contributed by atoms with E-state index >= 15 is 0 Å². The zero-order valence-electron chi connectivity index (χ0n) is 13.5. The summed E-state index contributed by atoms with van der Waals surface area (Å²) >= 11 is 0. The molecule has 0 aromatic carbocycles. The van der Waals surface area contributed by atoms with E-state index in [9.17, 15) is 0 Å². The van der Waals surface area contributed by atoms with E-state index in [-0.39, 0.29) is 13.4 Å². The summed E-state index contributed by atoms with van der Waals surface area (Å²) in [5.41, 5.74) is 6.21. The Morgan fingerprint density at radius 1 is 1.00 bits per heavy atom. The van der Waals surface area contributed by atoms with Gasteiger partial charge in [0.05, 0.1) is 0 Å². The van der Waals surface area contributed by atoms with Crippen LogP contribution in [0.2, 0.25) is 0 Å². The van der Waals surface area contributed by atoms with Gasteiger partial charge in [0.15, 0.2) is 5.96 Å². The first-order valence-electron chi connectivity index (χ1n) is 7.31. The third kappa shape index (κ3) is 5.31. The molecular weight excluding hydrogens is 248 g/mol. The number of likely N-dealkylation sites (tertiary alicyclic amines) is 1. The minimum atomic E-state index is 0. The monoisotopic (exact) mass is 284 g/mol. The summed E-state index contributed by atoms with van der Waals surface area (Å²) in [4.78, 5) is 1.90. The molecule has 120 valence electrons. The molecule has 2 rings (SSSR count). The van der Waals surface area contributed by atoms with E-state index in [1.807, 2.05) is 4.90 Å². The molecule has 0 aliphatic carbocycles. The molecule has 2 saturated heterocycles. The zero-order chi connectivity index (χ0) is 14.8. The maximum Gasteiger partial charge on any atom is 0.188 e. The Morgan fingerprint density at radius 3 is 1.55 bits per heavy atom. The second-order valence-electron chi connectivity index (χ2n) is 8.07. The lowest BCUT2D eigenvalue weighted by molar-refractivity contribution is 0.0772. The molecule has 2 heterocycles. The lowest BCUT2D eigenvalue weighted by atomic mass is 9.76. The third-order valence-corrected chi connectivity index (χ3v) is 4.45. The van der Waals surface area contributed by atoms with Crippen molar-refractivity contribution in [2.75, 3.05) is 26.2 Å². The number of hydrogen-bond donors (Lipinski definition) is 3. The van der Waals surface area contributed by atoms with Crippen LogP contribution in [-0.2, 0) is 0 Å². The molecule has 0 aromatic heterocycles. The molecule has 0 saturated carbocycles. The van der Waals surface area contributed by atoms with Crippen LogP contribution < -0.4 is 11.1 Å². The highest BCUT2D eigenvalue weighted by molar-refractivity contribution is 5.75. The highest BCUT2D eigenvalue weighted by Gasteiger charge is 2.36. The summed E-state index contributed by atoms with van der Waals surface area (Å²) in [6.07, 6.45) is 0. The average molecular weight is 284 g/mol. The smallest absolute Gasteiger partial charge is 0.188 e. The molecule has 4 nitrogen and oxygen atoms in total.